The SMILES string of the molecule is O=C(O)Nc1ccc(F)c(OC2CN(C(=O)N3N=CC[C@H]3c3cc(F)cc(F)c3)C2)n1. The van der Waals surface area contributed by atoms with Crippen molar-refractivity contribution in [1.82, 2.24) is 14.9 Å². The molecule has 2 aromatic rings. The number of likely N-dealkylation sites (tertiary alicyclic amines) is 1. The monoisotopic (exact) mass is 435 g/mol. The standard InChI is InChI=1S/C19H16F3N5O4/c20-11-5-10(6-12(21)7-11)15-3-4-23-27(15)19(30)26-8-13(9-26)31-17-14(22)1-2-16(24-17)25-18(28)29/h1-2,4-7,13,15H,3,8-9H2,(H,24,25)(H,28,29)/t15-/m0/s1. The van der Waals surface area contributed by atoms with Gasteiger partial charge >= 0.3 is 12.1 Å². The first-order chi connectivity index (χ1) is 14.8. The molecule has 2 aliphatic heterocycles. The van der Waals surface area contributed by atoms with Crippen LogP contribution in [0.15, 0.2) is 35.4 Å². The van der Waals surface area contributed by atoms with Gasteiger partial charge in [0.15, 0.2) is 5.82 Å². The quantitative estimate of drug-likeness (QED) is 0.767. The van der Waals surface area contributed by atoms with Gasteiger partial charge in [-0.25, -0.2) is 27.8 Å². The van der Waals surface area contributed by atoms with Gasteiger partial charge in [-0.3, -0.25) is 5.32 Å². The maximum absolute atomic E-state index is 13.9. The Morgan fingerprint density at radius 1 is 1.13 bits per heavy atom. The molecule has 12 heteroatoms. The summed E-state index contributed by atoms with van der Waals surface area (Å²) in [5.74, 6) is -2.77. The number of nitrogens with zero attached hydrogens (tertiary/aromatic N) is 4. The van der Waals surface area contributed by atoms with Crippen molar-refractivity contribution in [3.05, 3.63) is 53.3 Å². The predicted octanol–water partition coefficient (Wildman–Crippen LogP) is 3.20. The number of rotatable bonds is 4. The molecular formula is C19H16F3N5O4. The number of carbonyl (C=O) groups is 2. The van der Waals surface area contributed by atoms with Gasteiger partial charge in [0.2, 0.25) is 0 Å². The smallest absolute Gasteiger partial charge is 0.410 e. The molecular weight excluding hydrogens is 419 g/mol. The average molecular weight is 435 g/mol. The number of ether oxygens (including phenoxy) is 1. The number of halogens is 3. The zero-order valence-corrected chi connectivity index (χ0v) is 15.8. The van der Waals surface area contributed by atoms with Crippen LogP contribution in [0.1, 0.15) is 18.0 Å². The Kier molecular flexibility index (Phi) is 5.36. The second-order valence-electron chi connectivity index (χ2n) is 6.94. The van der Waals surface area contributed by atoms with E-state index in [1.807, 2.05) is 5.32 Å². The van der Waals surface area contributed by atoms with Crippen molar-refractivity contribution < 1.29 is 32.6 Å². The van der Waals surface area contributed by atoms with Gasteiger partial charge in [-0.1, -0.05) is 0 Å². The van der Waals surface area contributed by atoms with Crippen LogP contribution >= 0.6 is 0 Å². The average Bonchev–Trinajstić information content (AvgIpc) is 3.15. The lowest BCUT2D eigenvalue weighted by molar-refractivity contribution is 0.0231. The molecule has 1 saturated heterocycles. The Morgan fingerprint density at radius 3 is 2.52 bits per heavy atom. The van der Waals surface area contributed by atoms with Crippen LogP contribution in [0.3, 0.4) is 0 Å². The molecule has 0 bridgehead atoms. The largest absolute Gasteiger partial charge is 0.468 e. The van der Waals surface area contributed by atoms with Crippen molar-refractivity contribution >= 4 is 24.2 Å². The van der Waals surface area contributed by atoms with Crippen LogP contribution in [0.2, 0.25) is 0 Å². The highest BCUT2D eigenvalue weighted by atomic mass is 19.1. The molecule has 0 radical (unpaired) electrons. The summed E-state index contributed by atoms with van der Waals surface area (Å²) in [6.07, 6.45) is -0.132. The lowest BCUT2D eigenvalue weighted by atomic mass is 10.0. The molecule has 4 rings (SSSR count). The lowest BCUT2D eigenvalue weighted by Gasteiger charge is -2.40. The summed E-state index contributed by atoms with van der Waals surface area (Å²) < 4.78 is 46.4. The third-order valence-electron chi connectivity index (χ3n) is 4.74. The number of benzene rings is 1. The Labute approximate surface area is 173 Å². The highest BCUT2D eigenvalue weighted by Gasteiger charge is 2.39. The third-order valence-corrected chi connectivity index (χ3v) is 4.74. The minimum atomic E-state index is -1.36. The van der Waals surface area contributed by atoms with E-state index in [0.29, 0.717) is 6.42 Å². The van der Waals surface area contributed by atoms with Gasteiger partial charge in [0.05, 0.1) is 19.1 Å². The van der Waals surface area contributed by atoms with E-state index in [1.165, 1.54) is 11.1 Å². The summed E-state index contributed by atoms with van der Waals surface area (Å²) in [6.45, 7) is 0.208. The Morgan fingerprint density at radius 2 is 1.84 bits per heavy atom. The summed E-state index contributed by atoms with van der Waals surface area (Å²) in [7, 11) is 0. The van der Waals surface area contributed by atoms with Crippen LogP contribution in [0.25, 0.3) is 0 Å². The topological polar surface area (TPSA) is 107 Å². The maximum Gasteiger partial charge on any atom is 0.410 e. The number of pyridine rings is 1. The van der Waals surface area contributed by atoms with E-state index in [2.05, 4.69) is 10.1 Å². The molecule has 0 spiro atoms. The molecule has 0 saturated carbocycles. The number of hydrogen-bond donors (Lipinski definition) is 2. The van der Waals surface area contributed by atoms with E-state index < -0.39 is 47.6 Å². The van der Waals surface area contributed by atoms with Crippen LogP contribution in [-0.4, -0.2) is 57.5 Å². The van der Waals surface area contributed by atoms with Crippen LogP contribution in [0.4, 0.5) is 28.6 Å². The molecule has 3 amide bonds. The summed E-state index contributed by atoms with van der Waals surface area (Å²) in [5.41, 5.74) is 0.283. The number of amides is 3. The minimum absolute atomic E-state index is 0.104. The second kappa shape index (κ2) is 8.13. The number of hydrogen-bond acceptors (Lipinski definition) is 5. The molecule has 1 aromatic heterocycles. The third kappa shape index (κ3) is 4.37. The van der Waals surface area contributed by atoms with Crippen LogP contribution in [0.5, 0.6) is 5.88 Å². The van der Waals surface area contributed by atoms with Crippen LogP contribution < -0.4 is 10.1 Å². The summed E-state index contributed by atoms with van der Waals surface area (Å²) in [6, 6.07) is 4.07. The van der Waals surface area contributed by atoms with E-state index in [-0.39, 0.29) is 24.5 Å². The zero-order valence-electron chi connectivity index (χ0n) is 15.8. The number of carboxylic acid groups (broad SMARTS) is 1. The molecule has 0 aliphatic carbocycles. The summed E-state index contributed by atoms with van der Waals surface area (Å²) >= 11 is 0. The Balaban J connectivity index is 1.38. The highest BCUT2D eigenvalue weighted by molar-refractivity contribution is 5.81. The van der Waals surface area contributed by atoms with Gasteiger partial charge in [-0.05, 0) is 29.8 Å². The Bertz CT molecular complexity index is 1040. The van der Waals surface area contributed by atoms with Crippen molar-refractivity contribution in [2.24, 2.45) is 5.10 Å². The molecule has 3 heterocycles. The van der Waals surface area contributed by atoms with Crippen molar-refractivity contribution in [1.29, 1.82) is 0 Å². The summed E-state index contributed by atoms with van der Waals surface area (Å²) in [4.78, 5) is 28.6. The minimum Gasteiger partial charge on any atom is -0.468 e. The molecule has 162 valence electrons. The number of aromatic nitrogens is 1. The van der Waals surface area contributed by atoms with Crippen molar-refractivity contribution in [3.63, 3.8) is 0 Å². The number of hydrazone groups is 1. The van der Waals surface area contributed by atoms with Gasteiger partial charge in [0.1, 0.15) is 23.6 Å². The van der Waals surface area contributed by atoms with E-state index in [9.17, 15) is 22.8 Å². The van der Waals surface area contributed by atoms with Crippen LogP contribution in [-0.2, 0) is 0 Å². The van der Waals surface area contributed by atoms with Gasteiger partial charge in [0, 0.05) is 18.7 Å². The maximum atomic E-state index is 13.9. The van der Waals surface area contributed by atoms with Gasteiger partial charge < -0.3 is 14.7 Å². The first-order valence-electron chi connectivity index (χ1n) is 9.20. The fourth-order valence-electron chi connectivity index (χ4n) is 3.30. The molecule has 2 aliphatic rings. The molecule has 31 heavy (non-hydrogen) atoms. The van der Waals surface area contributed by atoms with Gasteiger partial charge in [0.25, 0.3) is 5.88 Å². The Hall–Kier alpha value is -3.83. The molecule has 2 N–H and O–H groups in total. The van der Waals surface area contributed by atoms with Crippen LogP contribution in [0, 0.1) is 17.5 Å². The predicted molar refractivity (Wildman–Crippen MR) is 101 cm³/mol. The zero-order chi connectivity index (χ0) is 22.1. The van der Waals surface area contributed by atoms with E-state index >= 15 is 0 Å². The fourth-order valence-corrected chi connectivity index (χ4v) is 3.30. The van der Waals surface area contributed by atoms with Gasteiger partial charge in [-0.2, -0.15) is 10.1 Å². The fraction of sp³-hybridized carbons (Fsp3) is 0.263. The summed E-state index contributed by atoms with van der Waals surface area (Å²) in [5, 5.41) is 15.9. The van der Waals surface area contributed by atoms with E-state index in [1.54, 1.807) is 0 Å². The second-order valence-corrected chi connectivity index (χ2v) is 6.94. The number of urea groups is 1. The first-order valence-corrected chi connectivity index (χ1v) is 9.20. The molecule has 0 unspecified atom stereocenters. The number of carbonyl (C=O) groups excluding carboxylic acids is 1. The normalized spacial score (nSPS) is 18.1. The molecule has 1 fully saturated rings. The van der Waals surface area contributed by atoms with Gasteiger partial charge in [-0.15, -0.1) is 0 Å². The number of anilines is 1. The highest BCUT2D eigenvalue weighted by Crippen LogP contribution is 2.31. The lowest BCUT2D eigenvalue weighted by Crippen LogP contribution is -2.59. The van der Waals surface area contributed by atoms with E-state index in [4.69, 9.17) is 9.84 Å². The molecule has 1 aromatic carbocycles. The first kappa shape index (κ1) is 20.4. The van der Waals surface area contributed by atoms with E-state index in [0.717, 1.165) is 35.3 Å². The van der Waals surface area contributed by atoms with Crippen molar-refractivity contribution in [2.75, 3.05) is 18.4 Å². The number of nitrogens with one attached hydrogen (secondary N) is 1. The van der Waals surface area contributed by atoms with Crippen molar-refractivity contribution in [2.45, 2.75) is 18.6 Å². The molecule has 9 nitrogen and oxygen atoms in total. The molecule has 1 atom stereocenters. The van der Waals surface area contributed by atoms with Crippen molar-refractivity contribution in [3.8, 4) is 5.88 Å².